The molecule has 1 amide bonds. The van der Waals surface area contributed by atoms with Crippen LogP contribution in [0.25, 0.3) is 0 Å². The molecule has 0 saturated heterocycles. The number of nitrogens with two attached hydrogens (primary N) is 1. The summed E-state index contributed by atoms with van der Waals surface area (Å²) in [7, 11) is 0. The fourth-order valence-corrected chi connectivity index (χ4v) is 2.12. The predicted molar refractivity (Wildman–Crippen MR) is 70.6 cm³/mol. The second-order valence-electron chi connectivity index (χ2n) is 5.02. The van der Waals surface area contributed by atoms with Gasteiger partial charge in [0.15, 0.2) is 0 Å². The van der Waals surface area contributed by atoms with Gasteiger partial charge in [-0.1, -0.05) is 6.07 Å². The van der Waals surface area contributed by atoms with Crippen LogP contribution in [0.4, 0.5) is 4.39 Å². The first-order chi connectivity index (χ1) is 9.47. The number of hydrogen-bond acceptors (Lipinski definition) is 3. The van der Waals surface area contributed by atoms with Gasteiger partial charge in [-0.2, -0.15) is 0 Å². The van der Waals surface area contributed by atoms with Crippen LogP contribution in [-0.2, 0) is 11.3 Å². The van der Waals surface area contributed by atoms with Crippen LogP contribution in [0.3, 0.4) is 0 Å². The van der Waals surface area contributed by atoms with Crippen LogP contribution in [0.15, 0.2) is 18.2 Å². The molecule has 0 radical (unpaired) electrons. The lowest BCUT2D eigenvalue weighted by molar-refractivity contribution is -0.137. The van der Waals surface area contributed by atoms with Crippen molar-refractivity contribution in [3.05, 3.63) is 35.1 Å². The Morgan fingerprint density at radius 1 is 1.40 bits per heavy atom. The van der Waals surface area contributed by atoms with E-state index in [4.69, 9.17) is 10.8 Å². The van der Waals surface area contributed by atoms with E-state index in [1.54, 1.807) is 0 Å². The number of amides is 1. The number of nitrogens with zero attached hydrogens (tertiary/aromatic N) is 1. The van der Waals surface area contributed by atoms with Crippen LogP contribution in [0.2, 0.25) is 0 Å². The molecule has 3 N–H and O–H groups in total. The summed E-state index contributed by atoms with van der Waals surface area (Å²) in [4.78, 5) is 23.6. The van der Waals surface area contributed by atoms with Gasteiger partial charge in [-0.05, 0) is 25.0 Å². The Bertz CT molecular complexity index is 529. The highest BCUT2D eigenvalue weighted by Crippen LogP contribution is 2.29. The molecule has 1 saturated carbocycles. The molecule has 20 heavy (non-hydrogen) atoms. The molecule has 1 aromatic carbocycles. The second-order valence-corrected chi connectivity index (χ2v) is 5.02. The van der Waals surface area contributed by atoms with Crippen molar-refractivity contribution >= 4 is 11.9 Å². The average Bonchev–Trinajstić information content (AvgIpc) is 3.19. The summed E-state index contributed by atoms with van der Waals surface area (Å²) in [6, 6.07) is 4.48. The maximum Gasteiger partial charge on any atom is 0.304 e. The zero-order chi connectivity index (χ0) is 14.7. The van der Waals surface area contributed by atoms with Crippen LogP contribution in [0.5, 0.6) is 0 Å². The van der Waals surface area contributed by atoms with Gasteiger partial charge in [-0.25, -0.2) is 4.39 Å². The molecule has 0 spiro atoms. The number of halogens is 1. The van der Waals surface area contributed by atoms with Gasteiger partial charge in [-0.3, -0.25) is 14.5 Å². The quantitative estimate of drug-likeness (QED) is 0.790. The minimum absolute atomic E-state index is 0.0392. The smallest absolute Gasteiger partial charge is 0.304 e. The van der Waals surface area contributed by atoms with Crippen molar-refractivity contribution in [2.75, 3.05) is 6.54 Å². The van der Waals surface area contributed by atoms with Crippen molar-refractivity contribution in [3.8, 4) is 0 Å². The molecule has 0 unspecified atom stereocenters. The molecule has 0 heterocycles. The number of aliphatic carboxylic acids is 1. The molecule has 0 atom stereocenters. The molecule has 1 aliphatic rings. The van der Waals surface area contributed by atoms with Gasteiger partial charge >= 0.3 is 5.97 Å². The lowest BCUT2D eigenvalue weighted by atomic mass is 10.1. The standard InChI is InChI=1S/C14H17FN2O3/c15-12-7-9(14(16)20)1-2-10(12)8-17(11-3-4-11)6-5-13(18)19/h1-2,7,11H,3-6,8H2,(H2,16,20)(H,18,19). The molecule has 108 valence electrons. The SMILES string of the molecule is NC(=O)c1ccc(CN(CCC(=O)O)C2CC2)c(F)c1. The van der Waals surface area contributed by atoms with Crippen molar-refractivity contribution in [1.82, 2.24) is 4.90 Å². The Labute approximate surface area is 116 Å². The summed E-state index contributed by atoms with van der Waals surface area (Å²) < 4.78 is 13.9. The van der Waals surface area contributed by atoms with Crippen LogP contribution in [0, 0.1) is 5.82 Å². The van der Waals surface area contributed by atoms with Gasteiger partial charge < -0.3 is 10.8 Å². The van der Waals surface area contributed by atoms with E-state index in [9.17, 15) is 14.0 Å². The molecule has 1 aromatic rings. The highest BCUT2D eigenvalue weighted by molar-refractivity contribution is 5.92. The molecule has 2 rings (SSSR count). The van der Waals surface area contributed by atoms with E-state index in [1.807, 2.05) is 4.90 Å². The van der Waals surface area contributed by atoms with Crippen molar-refractivity contribution in [3.63, 3.8) is 0 Å². The Hall–Kier alpha value is -1.95. The zero-order valence-electron chi connectivity index (χ0n) is 11.0. The highest BCUT2D eigenvalue weighted by atomic mass is 19.1. The Morgan fingerprint density at radius 2 is 2.10 bits per heavy atom. The molecule has 0 bridgehead atoms. The number of carboxylic acids is 1. The number of rotatable bonds is 7. The third-order valence-corrected chi connectivity index (χ3v) is 3.39. The first-order valence-electron chi connectivity index (χ1n) is 6.51. The van der Waals surface area contributed by atoms with E-state index in [1.165, 1.54) is 12.1 Å². The van der Waals surface area contributed by atoms with E-state index in [-0.39, 0.29) is 12.0 Å². The topological polar surface area (TPSA) is 83.6 Å². The van der Waals surface area contributed by atoms with Gasteiger partial charge in [0.2, 0.25) is 5.91 Å². The molecule has 0 aliphatic heterocycles. The second kappa shape index (κ2) is 6.00. The zero-order valence-corrected chi connectivity index (χ0v) is 11.0. The van der Waals surface area contributed by atoms with Crippen molar-refractivity contribution in [2.45, 2.75) is 31.8 Å². The van der Waals surface area contributed by atoms with Gasteiger partial charge in [0.05, 0.1) is 6.42 Å². The van der Waals surface area contributed by atoms with Crippen LogP contribution in [0.1, 0.15) is 35.2 Å². The Morgan fingerprint density at radius 3 is 2.60 bits per heavy atom. The van der Waals surface area contributed by atoms with E-state index < -0.39 is 17.7 Å². The summed E-state index contributed by atoms with van der Waals surface area (Å²) in [5.41, 5.74) is 5.68. The molecule has 1 fully saturated rings. The van der Waals surface area contributed by atoms with Gasteiger partial charge in [-0.15, -0.1) is 0 Å². The highest BCUT2D eigenvalue weighted by Gasteiger charge is 2.29. The minimum Gasteiger partial charge on any atom is -0.481 e. The molecular weight excluding hydrogens is 263 g/mol. The fraction of sp³-hybridized carbons (Fsp3) is 0.429. The summed E-state index contributed by atoms with van der Waals surface area (Å²) >= 11 is 0. The monoisotopic (exact) mass is 280 g/mol. The summed E-state index contributed by atoms with van der Waals surface area (Å²) in [6.07, 6.45) is 2.07. The molecule has 5 nitrogen and oxygen atoms in total. The Balaban J connectivity index is 2.06. The first-order valence-corrected chi connectivity index (χ1v) is 6.51. The number of carbonyl (C=O) groups excluding carboxylic acids is 1. The molecule has 6 heteroatoms. The summed E-state index contributed by atoms with van der Waals surface area (Å²) in [6.45, 7) is 0.750. The Kier molecular flexibility index (Phi) is 4.34. The van der Waals surface area contributed by atoms with Crippen LogP contribution in [-0.4, -0.2) is 34.5 Å². The average molecular weight is 280 g/mol. The normalized spacial score (nSPS) is 14.5. The fourth-order valence-electron chi connectivity index (χ4n) is 2.12. The number of carbonyl (C=O) groups is 2. The number of carboxylic acid groups (broad SMARTS) is 1. The summed E-state index contributed by atoms with van der Waals surface area (Å²) in [5.74, 6) is -2.01. The van der Waals surface area contributed by atoms with E-state index >= 15 is 0 Å². The van der Waals surface area contributed by atoms with E-state index in [2.05, 4.69) is 0 Å². The van der Waals surface area contributed by atoms with Crippen LogP contribution >= 0.6 is 0 Å². The molecular formula is C14H17FN2O3. The lowest BCUT2D eigenvalue weighted by Crippen LogP contribution is -2.28. The van der Waals surface area contributed by atoms with Crippen molar-refractivity contribution in [2.24, 2.45) is 5.73 Å². The van der Waals surface area contributed by atoms with E-state index in [0.29, 0.717) is 24.7 Å². The largest absolute Gasteiger partial charge is 0.481 e. The third-order valence-electron chi connectivity index (χ3n) is 3.39. The number of primary amides is 1. The van der Waals surface area contributed by atoms with Gasteiger partial charge in [0.1, 0.15) is 5.82 Å². The lowest BCUT2D eigenvalue weighted by Gasteiger charge is -2.21. The minimum atomic E-state index is -0.861. The number of hydrogen-bond donors (Lipinski definition) is 2. The van der Waals surface area contributed by atoms with Crippen molar-refractivity contribution < 1.29 is 19.1 Å². The van der Waals surface area contributed by atoms with Gasteiger partial charge in [0.25, 0.3) is 0 Å². The molecule has 0 aromatic heterocycles. The third kappa shape index (κ3) is 3.77. The maximum absolute atomic E-state index is 13.9. The van der Waals surface area contributed by atoms with Crippen molar-refractivity contribution in [1.29, 1.82) is 0 Å². The first kappa shape index (κ1) is 14.5. The number of benzene rings is 1. The summed E-state index contributed by atoms with van der Waals surface area (Å²) in [5, 5.41) is 8.73. The maximum atomic E-state index is 13.9. The molecule has 1 aliphatic carbocycles. The van der Waals surface area contributed by atoms with E-state index in [0.717, 1.165) is 18.9 Å². The predicted octanol–water partition coefficient (Wildman–Crippen LogP) is 1.36. The van der Waals surface area contributed by atoms with Gasteiger partial charge in [0, 0.05) is 30.3 Å². The van der Waals surface area contributed by atoms with Crippen LogP contribution < -0.4 is 5.73 Å².